The Hall–Kier alpha value is -7.89. The average Bonchev–Trinajstić information content (AvgIpc) is 3.87. The van der Waals surface area contributed by atoms with Crippen molar-refractivity contribution in [3.05, 3.63) is 188 Å². The van der Waals surface area contributed by atoms with Gasteiger partial charge < -0.3 is 8.83 Å². The van der Waals surface area contributed by atoms with Crippen molar-refractivity contribution in [1.82, 2.24) is 15.0 Å². The summed E-state index contributed by atoms with van der Waals surface area (Å²) >= 11 is 0. The predicted molar refractivity (Wildman–Crippen MR) is 237 cm³/mol. The van der Waals surface area contributed by atoms with Gasteiger partial charge in [0.25, 0.3) is 0 Å². The fraction of sp³-hybridized carbons (Fsp3) is 0. The lowest BCUT2D eigenvalue weighted by atomic mass is 9.92. The quantitative estimate of drug-likeness (QED) is 0.176. The minimum atomic E-state index is 0.572. The number of para-hydroxylation sites is 1. The van der Waals surface area contributed by atoms with Crippen molar-refractivity contribution in [3.63, 3.8) is 0 Å². The van der Waals surface area contributed by atoms with Crippen LogP contribution >= 0.6 is 0 Å². The molecule has 12 aromatic rings. The number of benzene rings is 9. The second-order valence-electron chi connectivity index (χ2n) is 14.7. The molecule has 5 heteroatoms. The molecule has 0 spiro atoms. The molecule has 0 saturated heterocycles. The van der Waals surface area contributed by atoms with Crippen molar-refractivity contribution in [3.8, 4) is 56.4 Å². The van der Waals surface area contributed by atoms with Crippen LogP contribution in [0, 0.1) is 0 Å². The first kappa shape index (κ1) is 32.4. The van der Waals surface area contributed by atoms with E-state index in [0.717, 1.165) is 82.6 Å². The SMILES string of the molecule is c1ccc(-c2nc(-c3ccc4oc5cc(-c6cccc7ccccc67)c6ccccc6c5c4c3)nc(-c3ccc(-c4ccccc4)c4oc5ccccc5c34)n2)cc1. The third-order valence-corrected chi connectivity index (χ3v) is 11.3. The van der Waals surface area contributed by atoms with E-state index in [2.05, 4.69) is 121 Å². The van der Waals surface area contributed by atoms with E-state index in [1.807, 2.05) is 66.7 Å². The van der Waals surface area contributed by atoms with Gasteiger partial charge in [0.15, 0.2) is 17.5 Å². The van der Waals surface area contributed by atoms with Gasteiger partial charge in [0.1, 0.15) is 22.3 Å². The first-order valence-corrected chi connectivity index (χ1v) is 19.4. The lowest BCUT2D eigenvalue weighted by molar-refractivity contribution is 0.669. The summed E-state index contributed by atoms with van der Waals surface area (Å²) in [5.41, 5.74) is 10.3. The minimum absolute atomic E-state index is 0.572. The Balaban J connectivity index is 1.09. The summed E-state index contributed by atoms with van der Waals surface area (Å²) in [4.78, 5) is 15.6. The molecule has 0 unspecified atom stereocenters. The lowest BCUT2D eigenvalue weighted by Crippen LogP contribution is -2.00. The largest absolute Gasteiger partial charge is 0.456 e. The molecule has 0 atom stereocenters. The number of nitrogens with zero attached hydrogens (tertiary/aromatic N) is 3. The van der Waals surface area contributed by atoms with Crippen LogP contribution < -0.4 is 0 Å². The molecule has 0 aliphatic heterocycles. The van der Waals surface area contributed by atoms with Crippen LogP contribution in [0.25, 0.3) is 122 Å². The van der Waals surface area contributed by atoms with Crippen LogP contribution in [0.4, 0.5) is 0 Å². The number of fused-ring (bicyclic) bond motifs is 9. The molecule has 5 nitrogen and oxygen atoms in total. The molecule has 3 aromatic heterocycles. The number of furan rings is 2. The average molecular weight is 742 g/mol. The summed E-state index contributed by atoms with van der Waals surface area (Å²) in [7, 11) is 0. The zero-order valence-corrected chi connectivity index (χ0v) is 31.1. The number of aromatic nitrogens is 3. The summed E-state index contributed by atoms with van der Waals surface area (Å²) < 4.78 is 13.3. The van der Waals surface area contributed by atoms with Crippen LogP contribution in [-0.4, -0.2) is 15.0 Å². The highest BCUT2D eigenvalue weighted by Crippen LogP contribution is 2.44. The van der Waals surface area contributed by atoms with Crippen molar-refractivity contribution >= 4 is 65.4 Å². The van der Waals surface area contributed by atoms with Gasteiger partial charge in [-0.1, -0.05) is 146 Å². The summed E-state index contributed by atoms with van der Waals surface area (Å²) in [6.07, 6.45) is 0. The Morgan fingerprint density at radius 1 is 0.293 bits per heavy atom. The molecular formula is C53H31N3O2. The number of rotatable bonds is 5. The molecule has 0 amide bonds. The van der Waals surface area contributed by atoms with Crippen molar-refractivity contribution in [2.75, 3.05) is 0 Å². The molecule has 12 rings (SSSR count). The molecule has 0 aliphatic carbocycles. The van der Waals surface area contributed by atoms with Crippen molar-refractivity contribution in [2.24, 2.45) is 0 Å². The third-order valence-electron chi connectivity index (χ3n) is 11.3. The molecule has 3 heterocycles. The summed E-state index contributed by atoms with van der Waals surface area (Å²) in [5, 5.41) is 8.77. The zero-order chi connectivity index (χ0) is 38.2. The van der Waals surface area contributed by atoms with E-state index in [4.69, 9.17) is 23.8 Å². The van der Waals surface area contributed by atoms with Gasteiger partial charge >= 0.3 is 0 Å². The summed E-state index contributed by atoms with van der Waals surface area (Å²) in [6.45, 7) is 0. The Kier molecular flexibility index (Phi) is 7.16. The normalized spacial score (nSPS) is 11.8. The second-order valence-corrected chi connectivity index (χ2v) is 14.7. The highest BCUT2D eigenvalue weighted by molar-refractivity contribution is 6.23. The van der Waals surface area contributed by atoms with E-state index in [1.165, 1.54) is 21.7 Å². The maximum atomic E-state index is 6.68. The monoisotopic (exact) mass is 741 g/mol. The van der Waals surface area contributed by atoms with Crippen LogP contribution in [0.2, 0.25) is 0 Å². The van der Waals surface area contributed by atoms with E-state index in [9.17, 15) is 0 Å². The highest BCUT2D eigenvalue weighted by atomic mass is 16.3. The van der Waals surface area contributed by atoms with Gasteiger partial charge in [-0.05, 0) is 80.7 Å². The molecule has 0 radical (unpaired) electrons. The van der Waals surface area contributed by atoms with Gasteiger partial charge in [-0.25, -0.2) is 15.0 Å². The standard InChI is InChI=1S/C53H31N3O2/c1-3-14-33(15-4-1)37-27-28-42(49-41-23-11-12-25-45(41)58-50(37)49)53-55-51(34-17-5-2-6-18-34)54-52(56-53)35-26-29-46-44(30-35)48-40-22-10-9-21-39(40)43(31-47(48)57-46)38-24-13-19-32-16-7-8-20-36(32)38/h1-31H. The van der Waals surface area contributed by atoms with Gasteiger partial charge in [0, 0.05) is 43.8 Å². The van der Waals surface area contributed by atoms with Gasteiger partial charge in [-0.3, -0.25) is 0 Å². The second kappa shape index (κ2) is 12.8. The summed E-state index contributed by atoms with van der Waals surface area (Å²) in [5.74, 6) is 1.74. The third kappa shape index (κ3) is 5.07. The van der Waals surface area contributed by atoms with Crippen LogP contribution in [0.5, 0.6) is 0 Å². The lowest BCUT2D eigenvalue weighted by Gasteiger charge is -2.11. The molecule has 0 bridgehead atoms. The molecule has 0 saturated carbocycles. The summed E-state index contributed by atoms with van der Waals surface area (Å²) in [6, 6.07) is 65.0. The Morgan fingerprint density at radius 3 is 1.74 bits per heavy atom. The first-order chi connectivity index (χ1) is 28.7. The van der Waals surface area contributed by atoms with Crippen LogP contribution in [0.3, 0.4) is 0 Å². The molecule has 0 N–H and O–H groups in total. The van der Waals surface area contributed by atoms with Crippen molar-refractivity contribution in [2.45, 2.75) is 0 Å². The first-order valence-electron chi connectivity index (χ1n) is 19.4. The molecule has 0 aliphatic rings. The predicted octanol–water partition coefficient (Wildman–Crippen LogP) is 14.3. The molecule has 58 heavy (non-hydrogen) atoms. The van der Waals surface area contributed by atoms with E-state index >= 15 is 0 Å². The molecule has 0 fully saturated rings. The van der Waals surface area contributed by atoms with Crippen LogP contribution in [-0.2, 0) is 0 Å². The number of hydrogen-bond donors (Lipinski definition) is 0. The van der Waals surface area contributed by atoms with Gasteiger partial charge in [-0.2, -0.15) is 0 Å². The fourth-order valence-electron chi connectivity index (χ4n) is 8.66. The maximum Gasteiger partial charge on any atom is 0.164 e. The van der Waals surface area contributed by atoms with Gasteiger partial charge in [0.2, 0.25) is 0 Å². The molecule has 270 valence electrons. The van der Waals surface area contributed by atoms with E-state index in [1.54, 1.807) is 0 Å². The Labute approximate surface area is 332 Å². The van der Waals surface area contributed by atoms with E-state index in [0.29, 0.717) is 17.5 Å². The van der Waals surface area contributed by atoms with Crippen molar-refractivity contribution < 1.29 is 8.83 Å². The van der Waals surface area contributed by atoms with E-state index in [-0.39, 0.29) is 0 Å². The Morgan fingerprint density at radius 2 is 0.914 bits per heavy atom. The Bertz CT molecular complexity index is 3560. The van der Waals surface area contributed by atoms with Crippen LogP contribution in [0.1, 0.15) is 0 Å². The van der Waals surface area contributed by atoms with Gasteiger partial charge in [-0.15, -0.1) is 0 Å². The fourth-order valence-corrected chi connectivity index (χ4v) is 8.66. The van der Waals surface area contributed by atoms with E-state index < -0.39 is 0 Å². The topological polar surface area (TPSA) is 65.0 Å². The van der Waals surface area contributed by atoms with Crippen LogP contribution in [0.15, 0.2) is 197 Å². The minimum Gasteiger partial charge on any atom is -0.456 e. The van der Waals surface area contributed by atoms with Gasteiger partial charge in [0.05, 0.1) is 0 Å². The maximum absolute atomic E-state index is 6.68. The smallest absolute Gasteiger partial charge is 0.164 e. The van der Waals surface area contributed by atoms with Crippen molar-refractivity contribution in [1.29, 1.82) is 0 Å². The zero-order valence-electron chi connectivity index (χ0n) is 31.1. The molecular weight excluding hydrogens is 711 g/mol. The molecule has 9 aromatic carbocycles. The highest BCUT2D eigenvalue weighted by Gasteiger charge is 2.22. The number of hydrogen-bond acceptors (Lipinski definition) is 5.